The molecule has 82 valence electrons. The zero-order valence-electron chi connectivity index (χ0n) is 8.46. The summed E-state index contributed by atoms with van der Waals surface area (Å²) in [6.07, 6.45) is 5.24. The molecule has 0 amide bonds. The number of carboxylic acid groups (broad SMARTS) is 1. The second-order valence-corrected chi connectivity index (χ2v) is 3.25. The first kappa shape index (κ1) is 10.4. The Morgan fingerprint density at radius 3 is 3.00 bits per heavy atom. The van der Waals surface area contributed by atoms with Crippen LogP contribution in [0.15, 0.2) is 35.1 Å². The Labute approximate surface area is 91.8 Å². The summed E-state index contributed by atoms with van der Waals surface area (Å²) in [6.45, 7) is 0. The lowest BCUT2D eigenvalue weighted by Crippen LogP contribution is -1.97. The van der Waals surface area contributed by atoms with Crippen molar-refractivity contribution in [3.63, 3.8) is 0 Å². The zero-order valence-corrected chi connectivity index (χ0v) is 8.46. The van der Waals surface area contributed by atoms with Gasteiger partial charge in [-0.2, -0.15) is 0 Å². The number of aromatic nitrogens is 2. The maximum atomic E-state index is 10.4. The van der Waals surface area contributed by atoms with Crippen molar-refractivity contribution >= 4 is 5.97 Å². The predicted octanol–water partition coefficient (Wildman–Crippen LogP) is 1.75. The summed E-state index contributed by atoms with van der Waals surface area (Å²) < 4.78 is 5.41. The number of pyridine rings is 1. The SMILES string of the molecule is O=C(O)CCc1ncc(-c2cccnc2)o1. The molecular formula is C11H10N2O3. The average Bonchev–Trinajstić information content (AvgIpc) is 2.76. The molecule has 1 N–H and O–H groups in total. The largest absolute Gasteiger partial charge is 0.481 e. The number of carbonyl (C=O) groups is 1. The number of hydrogen-bond donors (Lipinski definition) is 1. The van der Waals surface area contributed by atoms with Gasteiger partial charge < -0.3 is 9.52 Å². The fraction of sp³-hybridized carbons (Fsp3) is 0.182. The monoisotopic (exact) mass is 218 g/mol. The number of hydrogen-bond acceptors (Lipinski definition) is 4. The van der Waals surface area contributed by atoms with Crippen LogP contribution in [-0.4, -0.2) is 21.0 Å². The Morgan fingerprint density at radius 1 is 1.44 bits per heavy atom. The Morgan fingerprint density at radius 2 is 2.31 bits per heavy atom. The Balaban J connectivity index is 2.11. The van der Waals surface area contributed by atoms with Crippen LogP contribution in [0.3, 0.4) is 0 Å². The molecule has 2 heterocycles. The molecule has 0 fully saturated rings. The van der Waals surface area contributed by atoms with Crippen LogP contribution >= 0.6 is 0 Å². The van der Waals surface area contributed by atoms with Crippen molar-refractivity contribution in [2.24, 2.45) is 0 Å². The number of aryl methyl sites for hydroxylation is 1. The van der Waals surface area contributed by atoms with Gasteiger partial charge in [0.2, 0.25) is 0 Å². The molecule has 2 aromatic rings. The summed E-state index contributed by atoms with van der Waals surface area (Å²) in [7, 11) is 0. The fourth-order valence-corrected chi connectivity index (χ4v) is 1.28. The van der Waals surface area contributed by atoms with E-state index in [1.54, 1.807) is 24.7 Å². The van der Waals surface area contributed by atoms with Gasteiger partial charge in [-0.3, -0.25) is 9.78 Å². The average molecular weight is 218 g/mol. The van der Waals surface area contributed by atoms with Crippen LogP contribution in [0.1, 0.15) is 12.3 Å². The van der Waals surface area contributed by atoms with E-state index in [9.17, 15) is 4.79 Å². The van der Waals surface area contributed by atoms with Gasteiger partial charge in [0.1, 0.15) is 0 Å². The lowest BCUT2D eigenvalue weighted by Gasteiger charge is -1.93. The van der Waals surface area contributed by atoms with E-state index in [4.69, 9.17) is 9.52 Å². The minimum Gasteiger partial charge on any atom is -0.481 e. The molecule has 2 aromatic heterocycles. The van der Waals surface area contributed by atoms with Gasteiger partial charge in [0.15, 0.2) is 11.7 Å². The number of carboxylic acids is 1. The third kappa shape index (κ3) is 2.44. The van der Waals surface area contributed by atoms with Crippen LogP contribution in [-0.2, 0) is 11.2 Å². The van der Waals surface area contributed by atoms with E-state index >= 15 is 0 Å². The number of aliphatic carboxylic acids is 1. The highest BCUT2D eigenvalue weighted by Gasteiger charge is 2.07. The second-order valence-electron chi connectivity index (χ2n) is 3.25. The number of oxazole rings is 1. The molecule has 0 aromatic carbocycles. The van der Waals surface area contributed by atoms with Crippen LogP contribution in [0.25, 0.3) is 11.3 Å². The van der Waals surface area contributed by atoms with E-state index < -0.39 is 5.97 Å². The van der Waals surface area contributed by atoms with E-state index in [1.165, 1.54) is 0 Å². The normalized spacial score (nSPS) is 10.2. The number of nitrogens with zero attached hydrogens (tertiary/aromatic N) is 2. The van der Waals surface area contributed by atoms with Crippen LogP contribution in [0.2, 0.25) is 0 Å². The smallest absolute Gasteiger partial charge is 0.303 e. The van der Waals surface area contributed by atoms with Gasteiger partial charge in [0.05, 0.1) is 12.6 Å². The molecule has 5 heteroatoms. The van der Waals surface area contributed by atoms with E-state index in [0.29, 0.717) is 18.1 Å². The van der Waals surface area contributed by atoms with Crippen molar-refractivity contribution in [3.05, 3.63) is 36.6 Å². The van der Waals surface area contributed by atoms with Crippen molar-refractivity contribution in [1.29, 1.82) is 0 Å². The summed E-state index contributed by atoms with van der Waals surface area (Å²) in [6, 6.07) is 3.66. The van der Waals surface area contributed by atoms with Crippen LogP contribution in [0.5, 0.6) is 0 Å². The summed E-state index contributed by atoms with van der Waals surface area (Å²) in [5.74, 6) is 0.177. The van der Waals surface area contributed by atoms with Gasteiger partial charge in [-0.1, -0.05) is 0 Å². The lowest BCUT2D eigenvalue weighted by molar-refractivity contribution is -0.137. The molecule has 16 heavy (non-hydrogen) atoms. The topological polar surface area (TPSA) is 76.2 Å². The van der Waals surface area contributed by atoms with Crippen LogP contribution in [0, 0.1) is 0 Å². The van der Waals surface area contributed by atoms with Crippen molar-refractivity contribution in [2.45, 2.75) is 12.8 Å². The lowest BCUT2D eigenvalue weighted by atomic mass is 10.2. The van der Waals surface area contributed by atoms with Crippen LogP contribution in [0.4, 0.5) is 0 Å². The molecule has 0 spiro atoms. The summed E-state index contributed by atoms with van der Waals surface area (Å²) >= 11 is 0. The van der Waals surface area contributed by atoms with Gasteiger partial charge in [-0.25, -0.2) is 4.98 Å². The van der Waals surface area contributed by atoms with Gasteiger partial charge in [-0.15, -0.1) is 0 Å². The van der Waals surface area contributed by atoms with Crippen molar-refractivity contribution in [3.8, 4) is 11.3 Å². The van der Waals surface area contributed by atoms with Crippen molar-refractivity contribution in [2.75, 3.05) is 0 Å². The minimum absolute atomic E-state index is 0.0208. The quantitative estimate of drug-likeness (QED) is 0.846. The highest BCUT2D eigenvalue weighted by atomic mass is 16.4. The van der Waals surface area contributed by atoms with E-state index in [0.717, 1.165) is 5.56 Å². The molecule has 2 rings (SSSR count). The van der Waals surface area contributed by atoms with Gasteiger partial charge in [-0.05, 0) is 12.1 Å². The molecule has 0 saturated carbocycles. The van der Waals surface area contributed by atoms with Gasteiger partial charge in [0, 0.05) is 24.4 Å². The molecule has 0 aliphatic carbocycles. The third-order valence-corrected chi connectivity index (χ3v) is 2.05. The van der Waals surface area contributed by atoms with Crippen LogP contribution < -0.4 is 0 Å². The standard InChI is InChI=1S/C11H10N2O3/c14-11(15)4-3-10-13-7-9(16-10)8-2-1-5-12-6-8/h1-2,5-7H,3-4H2,(H,14,15). The van der Waals surface area contributed by atoms with E-state index in [1.807, 2.05) is 6.07 Å². The zero-order chi connectivity index (χ0) is 11.4. The predicted molar refractivity (Wildman–Crippen MR) is 55.7 cm³/mol. The molecule has 0 aliphatic heterocycles. The molecule has 0 atom stereocenters. The summed E-state index contributed by atoms with van der Waals surface area (Å²) in [4.78, 5) is 18.3. The Hall–Kier alpha value is -2.17. The Bertz CT molecular complexity index is 479. The van der Waals surface area contributed by atoms with E-state index in [2.05, 4.69) is 9.97 Å². The molecule has 0 aliphatic rings. The Kier molecular flexibility index (Phi) is 2.95. The fourth-order valence-electron chi connectivity index (χ4n) is 1.28. The molecule has 0 saturated heterocycles. The highest BCUT2D eigenvalue weighted by molar-refractivity contribution is 5.66. The maximum absolute atomic E-state index is 10.4. The second kappa shape index (κ2) is 4.57. The first-order valence-electron chi connectivity index (χ1n) is 4.82. The first-order chi connectivity index (χ1) is 7.75. The molecule has 5 nitrogen and oxygen atoms in total. The summed E-state index contributed by atoms with van der Waals surface area (Å²) in [5.41, 5.74) is 0.830. The van der Waals surface area contributed by atoms with Crippen molar-refractivity contribution < 1.29 is 14.3 Å². The van der Waals surface area contributed by atoms with Crippen molar-refractivity contribution in [1.82, 2.24) is 9.97 Å². The molecule has 0 unspecified atom stereocenters. The highest BCUT2D eigenvalue weighted by Crippen LogP contribution is 2.19. The molecule has 0 radical (unpaired) electrons. The molecule has 0 bridgehead atoms. The molecular weight excluding hydrogens is 208 g/mol. The van der Waals surface area contributed by atoms with Gasteiger partial charge in [0.25, 0.3) is 0 Å². The van der Waals surface area contributed by atoms with E-state index in [-0.39, 0.29) is 6.42 Å². The minimum atomic E-state index is -0.860. The maximum Gasteiger partial charge on any atom is 0.303 e. The first-order valence-corrected chi connectivity index (χ1v) is 4.82. The van der Waals surface area contributed by atoms with Gasteiger partial charge >= 0.3 is 5.97 Å². The third-order valence-electron chi connectivity index (χ3n) is 2.05. The number of rotatable bonds is 4. The summed E-state index contributed by atoms with van der Waals surface area (Å²) in [5, 5.41) is 8.52.